The molecule has 2 saturated carbocycles. The number of hydrogen-bond acceptors (Lipinski definition) is 3. The molecule has 1 N–H and O–H groups in total. The van der Waals surface area contributed by atoms with Gasteiger partial charge in [-0.2, -0.15) is 0 Å². The molecule has 0 aromatic heterocycles. The van der Waals surface area contributed by atoms with E-state index in [4.69, 9.17) is 4.74 Å². The normalized spacial score (nSPS) is 46.2. The fourth-order valence-corrected chi connectivity index (χ4v) is 3.55. The molecule has 0 amide bonds. The zero-order valence-corrected chi connectivity index (χ0v) is 9.27. The van der Waals surface area contributed by atoms with Crippen molar-refractivity contribution in [1.29, 1.82) is 0 Å². The number of hydrogen-bond donors (Lipinski definition) is 1. The number of morpholine rings is 1. The summed E-state index contributed by atoms with van der Waals surface area (Å²) in [4.78, 5) is 2.54. The second-order valence-corrected chi connectivity index (χ2v) is 5.31. The molecule has 0 bridgehead atoms. The van der Waals surface area contributed by atoms with Crippen molar-refractivity contribution in [2.24, 2.45) is 11.8 Å². The van der Waals surface area contributed by atoms with Gasteiger partial charge in [0, 0.05) is 12.6 Å². The van der Waals surface area contributed by atoms with Crippen LogP contribution < -0.4 is 0 Å². The Bertz CT molecular complexity index is 234. The Labute approximate surface area is 91.4 Å². The summed E-state index contributed by atoms with van der Waals surface area (Å²) in [5.74, 6) is 1.97. The molecule has 3 rings (SSSR count). The van der Waals surface area contributed by atoms with Crippen LogP contribution in [0.3, 0.4) is 0 Å². The van der Waals surface area contributed by atoms with E-state index < -0.39 is 0 Å². The highest BCUT2D eigenvalue weighted by molar-refractivity contribution is 5.00. The molecule has 1 heterocycles. The maximum absolute atomic E-state index is 9.37. The quantitative estimate of drug-likeness (QED) is 0.735. The number of aliphatic hydroxyl groups is 1. The van der Waals surface area contributed by atoms with Gasteiger partial charge in [-0.25, -0.2) is 0 Å². The predicted octanol–water partition coefficient (Wildman–Crippen LogP) is 0.868. The lowest BCUT2D eigenvalue weighted by molar-refractivity contribution is -0.0565. The van der Waals surface area contributed by atoms with Gasteiger partial charge in [-0.3, -0.25) is 4.90 Å². The number of aliphatic hydroxyl groups excluding tert-OH is 1. The smallest absolute Gasteiger partial charge is 0.0644 e. The highest BCUT2D eigenvalue weighted by atomic mass is 16.5. The molecule has 1 aliphatic heterocycles. The molecule has 3 heteroatoms. The van der Waals surface area contributed by atoms with E-state index in [9.17, 15) is 5.11 Å². The molecule has 0 radical (unpaired) electrons. The monoisotopic (exact) mass is 211 g/mol. The Kier molecular flexibility index (Phi) is 2.71. The number of rotatable bonds is 2. The van der Waals surface area contributed by atoms with Crippen molar-refractivity contribution in [3.05, 3.63) is 0 Å². The number of nitrogens with zero attached hydrogens (tertiary/aromatic N) is 1. The molecule has 0 aromatic carbocycles. The van der Waals surface area contributed by atoms with E-state index in [0.29, 0.717) is 0 Å². The van der Waals surface area contributed by atoms with E-state index in [0.717, 1.165) is 37.6 Å². The van der Waals surface area contributed by atoms with Gasteiger partial charge in [0.1, 0.15) is 0 Å². The van der Waals surface area contributed by atoms with E-state index in [1.807, 2.05) is 0 Å². The van der Waals surface area contributed by atoms with E-state index in [-0.39, 0.29) is 12.6 Å². The summed E-state index contributed by atoms with van der Waals surface area (Å²) in [6.07, 6.45) is 5.63. The van der Waals surface area contributed by atoms with E-state index in [2.05, 4.69) is 4.90 Å². The lowest BCUT2D eigenvalue weighted by Gasteiger charge is -2.42. The number of ether oxygens (including phenoxy) is 1. The third kappa shape index (κ3) is 1.81. The van der Waals surface area contributed by atoms with Gasteiger partial charge in [0.2, 0.25) is 0 Å². The van der Waals surface area contributed by atoms with Crippen LogP contribution in [0.1, 0.15) is 25.7 Å². The summed E-state index contributed by atoms with van der Waals surface area (Å²) in [5.41, 5.74) is 0. The van der Waals surface area contributed by atoms with Gasteiger partial charge in [0.15, 0.2) is 0 Å². The molecular formula is C12H21NO2. The van der Waals surface area contributed by atoms with Crippen LogP contribution in [0.15, 0.2) is 0 Å². The van der Waals surface area contributed by atoms with Crippen LogP contribution in [0.25, 0.3) is 0 Å². The van der Waals surface area contributed by atoms with Crippen LogP contribution in [0.5, 0.6) is 0 Å². The maximum Gasteiger partial charge on any atom is 0.0644 e. The van der Waals surface area contributed by atoms with Crippen LogP contribution in [-0.2, 0) is 4.74 Å². The fraction of sp³-hybridized carbons (Fsp3) is 1.00. The van der Waals surface area contributed by atoms with Gasteiger partial charge in [0.25, 0.3) is 0 Å². The number of fused-ring (bicyclic) bond motifs is 1. The predicted molar refractivity (Wildman–Crippen MR) is 57.6 cm³/mol. The Morgan fingerprint density at radius 3 is 3.13 bits per heavy atom. The average Bonchev–Trinajstić information content (AvgIpc) is 3.07. The molecule has 15 heavy (non-hydrogen) atoms. The first-order valence-electron chi connectivity index (χ1n) is 6.34. The van der Waals surface area contributed by atoms with Crippen LogP contribution in [0.2, 0.25) is 0 Å². The maximum atomic E-state index is 9.37. The summed E-state index contributed by atoms with van der Waals surface area (Å²) >= 11 is 0. The summed E-state index contributed by atoms with van der Waals surface area (Å²) in [6.45, 7) is 2.86. The van der Waals surface area contributed by atoms with Crippen LogP contribution in [0, 0.1) is 11.8 Å². The molecular weight excluding hydrogens is 190 g/mol. The van der Waals surface area contributed by atoms with Crippen molar-refractivity contribution < 1.29 is 9.84 Å². The second-order valence-electron chi connectivity index (χ2n) is 5.31. The van der Waals surface area contributed by atoms with Crippen LogP contribution >= 0.6 is 0 Å². The van der Waals surface area contributed by atoms with Crippen molar-refractivity contribution >= 4 is 0 Å². The molecule has 2 aliphatic carbocycles. The van der Waals surface area contributed by atoms with E-state index in [1.54, 1.807) is 0 Å². The Morgan fingerprint density at radius 2 is 2.27 bits per heavy atom. The summed E-state index contributed by atoms with van der Waals surface area (Å²) in [7, 11) is 0. The van der Waals surface area contributed by atoms with Gasteiger partial charge in [-0.15, -0.1) is 0 Å². The Balaban J connectivity index is 1.68. The highest BCUT2D eigenvalue weighted by Gasteiger charge is 2.48. The van der Waals surface area contributed by atoms with Gasteiger partial charge in [-0.05, 0) is 24.7 Å². The van der Waals surface area contributed by atoms with Gasteiger partial charge in [0.05, 0.1) is 25.9 Å². The molecule has 86 valence electrons. The lowest BCUT2D eigenvalue weighted by atomic mass is 9.93. The van der Waals surface area contributed by atoms with Crippen molar-refractivity contribution in [2.75, 3.05) is 26.4 Å². The lowest BCUT2D eigenvalue weighted by Crippen LogP contribution is -2.53. The molecule has 0 aromatic rings. The Morgan fingerprint density at radius 1 is 1.33 bits per heavy atom. The molecule has 3 nitrogen and oxygen atoms in total. The molecule has 4 atom stereocenters. The topological polar surface area (TPSA) is 32.7 Å². The first-order valence-corrected chi connectivity index (χ1v) is 6.34. The van der Waals surface area contributed by atoms with Gasteiger partial charge < -0.3 is 9.84 Å². The summed E-state index contributed by atoms with van der Waals surface area (Å²) in [6, 6.07) is 1.02. The Hall–Kier alpha value is -0.120. The zero-order valence-electron chi connectivity index (χ0n) is 9.27. The van der Waals surface area contributed by atoms with Crippen molar-refractivity contribution in [2.45, 2.75) is 37.8 Å². The molecule has 0 spiro atoms. The first kappa shape index (κ1) is 10.1. The standard InChI is InChI=1S/C12H21NO2/c14-7-10-8-15-5-4-13(10)12-3-1-2-9-6-11(9)12/h9-12,14H,1-8H2. The first-order chi connectivity index (χ1) is 7.40. The molecule has 4 unspecified atom stereocenters. The average molecular weight is 211 g/mol. The largest absolute Gasteiger partial charge is 0.395 e. The molecule has 1 saturated heterocycles. The summed E-state index contributed by atoms with van der Waals surface area (Å²) < 4.78 is 5.44. The SMILES string of the molecule is OCC1COCCN1C1CCCC2CC21. The van der Waals surface area contributed by atoms with Crippen molar-refractivity contribution in [3.8, 4) is 0 Å². The van der Waals surface area contributed by atoms with E-state index >= 15 is 0 Å². The van der Waals surface area contributed by atoms with Gasteiger partial charge in [-0.1, -0.05) is 12.8 Å². The minimum absolute atomic E-state index is 0.258. The minimum atomic E-state index is 0.258. The highest BCUT2D eigenvalue weighted by Crippen LogP contribution is 2.51. The summed E-state index contributed by atoms with van der Waals surface area (Å²) in [5, 5.41) is 9.37. The van der Waals surface area contributed by atoms with Crippen LogP contribution in [-0.4, -0.2) is 48.5 Å². The molecule has 3 fully saturated rings. The fourth-order valence-electron chi connectivity index (χ4n) is 3.55. The minimum Gasteiger partial charge on any atom is -0.395 e. The van der Waals surface area contributed by atoms with Crippen LogP contribution in [0.4, 0.5) is 0 Å². The third-order valence-corrected chi connectivity index (χ3v) is 4.46. The zero-order chi connectivity index (χ0) is 10.3. The van der Waals surface area contributed by atoms with E-state index in [1.165, 1.54) is 25.7 Å². The third-order valence-electron chi connectivity index (χ3n) is 4.46. The van der Waals surface area contributed by atoms with Gasteiger partial charge >= 0.3 is 0 Å². The molecule has 3 aliphatic rings. The second kappa shape index (κ2) is 4.04. The van der Waals surface area contributed by atoms with Crippen molar-refractivity contribution in [1.82, 2.24) is 4.90 Å². The van der Waals surface area contributed by atoms with Crippen molar-refractivity contribution in [3.63, 3.8) is 0 Å².